The Balaban J connectivity index is 0. The summed E-state index contributed by atoms with van der Waals surface area (Å²) >= 11 is 0. The van der Waals surface area contributed by atoms with Crippen molar-refractivity contribution in [2.45, 2.75) is 0 Å². The van der Waals surface area contributed by atoms with E-state index in [4.69, 9.17) is 0 Å². The Hall–Kier alpha value is 3.89. The maximum Gasteiger partial charge on any atom is 4.00 e. The fraction of sp³-hybridized carbons (Fsp3) is 0. The van der Waals surface area contributed by atoms with Crippen molar-refractivity contribution in [1.82, 2.24) is 0 Å². The van der Waals surface area contributed by atoms with Crippen molar-refractivity contribution in [2.24, 2.45) is 0 Å². The number of hydrogen-bond donors (Lipinski definition) is 0. The van der Waals surface area contributed by atoms with Gasteiger partial charge in [-0.25, -0.2) is 0 Å². The molecule has 0 rings (SSSR count). The van der Waals surface area contributed by atoms with Gasteiger partial charge in [0.15, 0.2) is 0 Å². The van der Waals surface area contributed by atoms with Crippen LogP contribution in [-0.4, -0.2) is 0 Å². The molecule has 0 N–H and O–H groups in total. The monoisotopic (exact) mass is 468 g/mol. The van der Waals surface area contributed by atoms with Crippen LogP contribution in [0.1, 0.15) is 0 Å². The molecule has 0 bridgehead atoms. The Morgan fingerprint density at radius 3 is 0.300 bits per heavy atom. The molecule has 0 aromatic rings. The minimum absolute atomic E-state index is 0. The van der Waals surface area contributed by atoms with E-state index in [0.717, 1.165) is 0 Å². The van der Waals surface area contributed by atoms with E-state index in [2.05, 4.69) is 0 Å². The van der Waals surface area contributed by atoms with Gasteiger partial charge in [0, 0.05) is 0 Å². The smallest absolute Gasteiger partial charge is 1.00 e. The molecule has 10 heavy (non-hydrogen) atoms. The van der Waals surface area contributed by atoms with Crippen LogP contribution in [0.15, 0.2) is 0 Å². The predicted molar refractivity (Wildman–Crippen MR) is 0 cm³/mol. The van der Waals surface area contributed by atoms with Crippen LogP contribution in [0.25, 0.3) is 0 Å². The Morgan fingerprint density at radius 1 is 0.300 bits per heavy atom. The quantitative estimate of drug-likeness (QED) is 0.309. The molecule has 0 aliphatic carbocycles. The number of hydrogen-bond acceptors (Lipinski definition) is 0. The summed E-state index contributed by atoms with van der Waals surface area (Å²) in [5.74, 6) is 0. The number of halogens is 8. The van der Waals surface area contributed by atoms with E-state index in [-0.39, 0.29) is 147 Å². The Bertz CT molecular complexity index is 9.22. The molecule has 0 saturated heterocycles. The Kier molecular flexibility index (Phi) is 1840. The third kappa shape index (κ3) is 93.2. The third-order valence-electron chi connectivity index (χ3n) is 0. The first-order valence-electron chi connectivity index (χ1n) is 0. The summed E-state index contributed by atoms with van der Waals surface area (Å²) in [6, 6.07) is 0. The second-order valence-electron chi connectivity index (χ2n) is 0. The second kappa shape index (κ2) is 120. The molecular weight excluding hydrogens is 471 g/mol. The molecule has 0 spiro atoms. The normalized spacial score (nSPS) is 0. The van der Waals surface area contributed by atoms with Gasteiger partial charge in [-0.1, -0.05) is 0 Å². The molecule has 0 atom stereocenters. The number of rotatable bonds is 0. The van der Waals surface area contributed by atoms with Crippen LogP contribution in [0.5, 0.6) is 0 Å². The molecule has 0 unspecified atom stereocenters. The topological polar surface area (TPSA) is 0 Å². The standard InChI is InChI=1S/8ClH.Mo.Zr/h8*1H;;/q;;;;;;;;2*+4/p-8. The van der Waals surface area contributed by atoms with Crippen molar-refractivity contribution in [1.29, 1.82) is 0 Å². The molecule has 0 aromatic carbocycles. The molecule has 0 fully saturated rings. The van der Waals surface area contributed by atoms with Gasteiger partial charge in [-0.3, -0.25) is 0 Å². The molecule has 0 amide bonds. The summed E-state index contributed by atoms with van der Waals surface area (Å²) < 4.78 is 0. The summed E-state index contributed by atoms with van der Waals surface area (Å²) in [6.45, 7) is 0. The third-order valence-corrected chi connectivity index (χ3v) is 0. The van der Waals surface area contributed by atoms with Gasteiger partial charge in [0.2, 0.25) is 0 Å². The molecule has 0 saturated carbocycles. The van der Waals surface area contributed by atoms with E-state index < -0.39 is 0 Å². The van der Waals surface area contributed by atoms with Gasteiger partial charge in [-0.15, -0.1) is 0 Å². The fourth-order valence-electron chi connectivity index (χ4n) is 0. The van der Waals surface area contributed by atoms with Crippen molar-refractivity contribution in [3.8, 4) is 0 Å². The van der Waals surface area contributed by atoms with E-state index in [9.17, 15) is 0 Å². The fourth-order valence-corrected chi connectivity index (χ4v) is 0. The van der Waals surface area contributed by atoms with Gasteiger partial charge in [0.05, 0.1) is 0 Å². The first-order chi connectivity index (χ1) is 0. The van der Waals surface area contributed by atoms with Crippen molar-refractivity contribution >= 4 is 0 Å². The molecule has 0 radical (unpaired) electrons. The first-order valence-corrected chi connectivity index (χ1v) is 0. The molecule has 10 heteroatoms. The molecule has 0 heterocycles. The van der Waals surface area contributed by atoms with Crippen LogP contribution in [0.2, 0.25) is 0 Å². The Labute approximate surface area is 144 Å². The van der Waals surface area contributed by atoms with E-state index in [0.29, 0.717) is 0 Å². The van der Waals surface area contributed by atoms with E-state index in [1.807, 2.05) is 0 Å². The average Bonchev–Trinajstić information content (AvgIpc) is 0. The zero-order valence-corrected chi connectivity index (χ0v) is 14.4. The van der Waals surface area contributed by atoms with Crippen LogP contribution in [0.3, 0.4) is 0 Å². The molecule has 0 aromatic heterocycles. The van der Waals surface area contributed by atoms with Gasteiger partial charge >= 0.3 is 47.3 Å². The van der Waals surface area contributed by atoms with Gasteiger partial charge in [0.25, 0.3) is 0 Å². The minimum Gasteiger partial charge on any atom is -1.00 e. The van der Waals surface area contributed by atoms with Gasteiger partial charge in [-0.05, 0) is 0 Å². The summed E-state index contributed by atoms with van der Waals surface area (Å²) in [4.78, 5) is 0. The van der Waals surface area contributed by atoms with Crippen LogP contribution in [0, 0.1) is 0 Å². The van der Waals surface area contributed by atoms with E-state index >= 15 is 0 Å². The van der Waals surface area contributed by atoms with Gasteiger partial charge < -0.3 is 99.3 Å². The SMILES string of the molecule is [Cl-].[Cl-].[Cl-].[Cl-].[Cl-].[Cl-].[Cl-].[Cl-].[Mo+4].[Zr+4]. The predicted octanol–water partition coefficient (Wildman–Crippen LogP) is -24.0. The van der Waals surface area contributed by atoms with Crippen molar-refractivity contribution in [2.75, 3.05) is 0 Å². The van der Waals surface area contributed by atoms with Crippen molar-refractivity contribution < 1.29 is 147 Å². The zero-order valence-electron chi connectivity index (χ0n) is 3.93. The molecular formula is Cl8MoZr. The molecule has 66 valence electrons. The van der Waals surface area contributed by atoms with Crippen LogP contribution >= 0.6 is 0 Å². The van der Waals surface area contributed by atoms with Crippen LogP contribution in [0.4, 0.5) is 0 Å². The van der Waals surface area contributed by atoms with E-state index in [1.165, 1.54) is 0 Å². The average molecular weight is 471 g/mol. The summed E-state index contributed by atoms with van der Waals surface area (Å²) in [7, 11) is 0. The van der Waals surface area contributed by atoms with Gasteiger partial charge in [-0.2, -0.15) is 0 Å². The summed E-state index contributed by atoms with van der Waals surface area (Å²) in [5, 5.41) is 0. The maximum absolute atomic E-state index is 0. The maximum atomic E-state index is 0. The summed E-state index contributed by atoms with van der Waals surface area (Å²) in [5.41, 5.74) is 0. The minimum atomic E-state index is 0. The Morgan fingerprint density at radius 2 is 0.300 bits per heavy atom. The second-order valence-corrected chi connectivity index (χ2v) is 0. The van der Waals surface area contributed by atoms with Gasteiger partial charge in [0.1, 0.15) is 0 Å². The molecule has 0 aliphatic heterocycles. The summed E-state index contributed by atoms with van der Waals surface area (Å²) in [6.07, 6.45) is 0. The van der Waals surface area contributed by atoms with Crippen LogP contribution in [-0.2, 0) is 47.3 Å². The zero-order chi connectivity index (χ0) is 0. The van der Waals surface area contributed by atoms with Crippen LogP contribution < -0.4 is 99.3 Å². The van der Waals surface area contributed by atoms with E-state index in [1.54, 1.807) is 0 Å². The van der Waals surface area contributed by atoms with Crippen molar-refractivity contribution in [3.63, 3.8) is 0 Å². The van der Waals surface area contributed by atoms with Crippen molar-refractivity contribution in [3.05, 3.63) is 0 Å². The molecule has 0 nitrogen and oxygen atoms in total. The first kappa shape index (κ1) is 152. The largest absolute Gasteiger partial charge is 4.00 e. The molecule has 0 aliphatic rings.